The first-order valence-corrected chi connectivity index (χ1v) is 5.56. The van der Waals surface area contributed by atoms with Crippen LogP contribution in [0.5, 0.6) is 0 Å². The van der Waals surface area contributed by atoms with Crippen LogP contribution in [0.15, 0.2) is 51.2 Å². The first-order valence-electron chi connectivity index (χ1n) is 5.56. The van der Waals surface area contributed by atoms with E-state index in [0.29, 0.717) is 5.58 Å². The van der Waals surface area contributed by atoms with E-state index in [4.69, 9.17) is 4.42 Å². The minimum atomic E-state index is -0.320. The van der Waals surface area contributed by atoms with Crippen LogP contribution in [-0.4, -0.2) is 6.54 Å². The predicted molar refractivity (Wildman–Crippen MR) is 70.4 cm³/mol. The van der Waals surface area contributed by atoms with Gasteiger partial charge in [-0.2, -0.15) is 0 Å². The summed E-state index contributed by atoms with van der Waals surface area (Å²) in [4.78, 5) is 11.1. The molecule has 0 fully saturated rings. The molecular formula is C14H15NO2. The van der Waals surface area contributed by atoms with Gasteiger partial charge in [0.05, 0.1) is 0 Å². The van der Waals surface area contributed by atoms with Gasteiger partial charge in [0.2, 0.25) is 0 Å². The van der Waals surface area contributed by atoms with E-state index < -0.39 is 0 Å². The average Bonchev–Trinajstić information content (AvgIpc) is 2.28. The van der Waals surface area contributed by atoms with Gasteiger partial charge in [0, 0.05) is 29.8 Å². The van der Waals surface area contributed by atoms with E-state index >= 15 is 0 Å². The van der Waals surface area contributed by atoms with E-state index in [1.807, 2.05) is 18.2 Å². The maximum absolute atomic E-state index is 11.1. The van der Waals surface area contributed by atoms with Gasteiger partial charge in [-0.25, -0.2) is 4.79 Å². The number of fused-ring (bicyclic) bond motifs is 1. The second kappa shape index (κ2) is 4.87. The third-order valence-electron chi connectivity index (χ3n) is 2.44. The molecule has 2 aromatic rings. The summed E-state index contributed by atoms with van der Waals surface area (Å²) in [6.45, 7) is 4.88. The van der Waals surface area contributed by atoms with Crippen LogP contribution >= 0.6 is 0 Å². The zero-order valence-electron chi connectivity index (χ0n) is 9.99. The lowest BCUT2D eigenvalue weighted by Gasteiger charge is -2.04. The van der Waals surface area contributed by atoms with Crippen molar-refractivity contribution in [3.8, 4) is 0 Å². The number of benzene rings is 1. The maximum atomic E-state index is 11.1. The smallest absolute Gasteiger partial charge is 0.336 e. The lowest BCUT2D eigenvalue weighted by molar-refractivity contribution is 0.561. The van der Waals surface area contributed by atoms with Gasteiger partial charge < -0.3 is 9.73 Å². The quantitative estimate of drug-likeness (QED) is 0.649. The van der Waals surface area contributed by atoms with Gasteiger partial charge in [0.1, 0.15) is 5.58 Å². The summed E-state index contributed by atoms with van der Waals surface area (Å²) in [6.07, 6.45) is 2.10. The van der Waals surface area contributed by atoms with Crippen molar-refractivity contribution in [2.75, 3.05) is 11.9 Å². The number of hydrogen-bond acceptors (Lipinski definition) is 3. The Morgan fingerprint density at radius 2 is 2.06 bits per heavy atom. The van der Waals surface area contributed by atoms with E-state index in [1.54, 1.807) is 6.07 Å². The van der Waals surface area contributed by atoms with Gasteiger partial charge in [0.15, 0.2) is 0 Å². The zero-order chi connectivity index (χ0) is 12.3. The molecule has 0 atom stereocenters. The number of nitrogens with one attached hydrogen (secondary N) is 1. The summed E-state index contributed by atoms with van der Waals surface area (Å²) in [6, 6.07) is 8.94. The maximum Gasteiger partial charge on any atom is 0.336 e. The van der Waals surface area contributed by atoms with Gasteiger partial charge in [-0.05, 0) is 32.0 Å². The van der Waals surface area contributed by atoms with E-state index in [1.165, 1.54) is 11.6 Å². The Bertz CT molecular complexity index is 607. The molecule has 0 saturated carbocycles. The Hall–Kier alpha value is -2.03. The molecule has 0 aliphatic carbocycles. The molecule has 17 heavy (non-hydrogen) atoms. The van der Waals surface area contributed by atoms with Crippen molar-refractivity contribution in [2.45, 2.75) is 13.8 Å². The summed E-state index contributed by atoms with van der Waals surface area (Å²) < 4.78 is 5.12. The molecule has 0 unspecified atom stereocenters. The number of allylic oxidation sites excluding steroid dienone is 1. The molecule has 0 bridgehead atoms. The molecular weight excluding hydrogens is 214 g/mol. The highest BCUT2D eigenvalue weighted by Crippen LogP contribution is 2.17. The fourth-order valence-electron chi connectivity index (χ4n) is 1.54. The van der Waals surface area contributed by atoms with E-state index in [9.17, 15) is 4.79 Å². The largest absolute Gasteiger partial charge is 0.423 e. The average molecular weight is 229 g/mol. The molecule has 0 amide bonds. The normalized spacial score (nSPS) is 10.2. The molecule has 0 saturated heterocycles. The molecule has 1 N–H and O–H groups in total. The standard InChI is InChI=1S/C14H15NO2/c1-10(2)7-8-15-12-5-3-11-4-6-14(16)17-13(11)9-12/h3-7,9,15H,8H2,1-2H3. The van der Waals surface area contributed by atoms with Crippen molar-refractivity contribution >= 4 is 16.7 Å². The molecule has 1 heterocycles. The van der Waals surface area contributed by atoms with E-state index in [2.05, 4.69) is 25.2 Å². The first kappa shape index (κ1) is 11.5. The highest BCUT2D eigenvalue weighted by molar-refractivity contribution is 5.80. The molecule has 3 nitrogen and oxygen atoms in total. The Balaban J connectivity index is 2.25. The van der Waals surface area contributed by atoms with Crippen molar-refractivity contribution in [1.82, 2.24) is 0 Å². The third-order valence-corrected chi connectivity index (χ3v) is 2.44. The van der Waals surface area contributed by atoms with Crippen LogP contribution in [0.3, 0.4) is 0 Å². The summed E-state index contributed by atoms with van der Waals surface area (Å²) in [5.41, 5.74) is 2.51. The molecule has 0 radical (unpaired) electrons. The van der Waals surface area contributed by atoms with Crippen molar-refractivity contribution in [2.24, 2.45) is 0 Å². The highest BCUT2D eigenvalue weighted by atomic mass is 16.4. The second-order valence-corrected chi connectivity index (χ2v) is 4.17. The van der Waals surface area contributed by atoms with Crippen LogP contribution in [0.2, 0.25) is 0 Å². The van der Waals surface area contributed by atoms with Crippen LogP contribution in [0.25, 0.3) is 11.0 Å². The van der Waals surface area contributed by atoms with Crippen LogP contribution < -0.4 is 10.9 Å². The van der Waals surface area contributed by atoms with Crippen molar-refractivity contribution in [3.63, 3.8) is 0 Å². The molecule has 3 heteroatoms. The predicted octanol–water partition coefficient (Wildman–Crippen LogP) is 3.17. The monoisotopic (exact) mass is 229 g/mol. The van der Waals surface area contributed by atoms with Gasteiger partial charge in [-0.1, -0.05) is 11.6 Å². The molecule has 88 valence electrons. The molecule has 0 aliphatic rings. The fourth-order valence-corrected chi connectivity index (χ4v) is 1.54. The van der Waals surface area contributed by atoms with Crippen molar-refractivity contribution in [3.05, 3.63) is 52.4 Å². The Kier molecular flexibility index (Phi) is 3.28. The molecule has 1 aromatic heterocycles. The highest BCUT2D eigenvalue weighted by Gasteiger charge is 1.98. The van der Waals surface area contributed by atoms with Gasteiger partial charge in [0.25, 0.3) is 0 Å². The molecule has 2 rings (SSSR count). The topological polar surface area (TPSA) is 42.2 Å². The van der Waals surface area contributed by atoms with Crippen LogP contribution in [0.1, 0.15) is 13.8 Å². The van der Waals surface area contributed by atoms with Crippen molar-refractivity contribution in [1.29, 1.82) is 0 Å². The van der Waals surface area contributed by atoms with Crippen LogP contribution in [0, 0.1) is 0 Å². The minimum Gasteiger partial charge on any atom is -0.423 e. The summed E-state index contributed by atoms with van der Waals surface area (Å²) in [5, 5.41) is 4.18. The molecule has 1 aromatic carbocycles. The van der Waals surface area contributed by atoms with Gasteiger partial charge in [-0.3, -0.25) is 0 Å². The lowest BCUT2D eigenvalue weighted by atomic mass is 10.2. The van der Waals surface area contributed by atoms with Gasteiger partial charge in [-0.15, -0.1) is 0 Å². The molecule has 0 spiro atoms. The molecule has 0 aliphatic heterocycles. The summed E-state index contributed by atoms with van der Waals surface area (Å²) in [5.74, 6) is 0. The van der Waals surface area contributed by atoms with Crippen LogP contribution in [0.4, 0.5) is 5.69 Å². The van der Waals surface area contributed by atoms with Crippen molar-refractivity contribution < 1.29 is 4.42 Å². The van der Waals surface area contributed by atoms with E-state index in [0.717, 1.165) is 17.6 Å². The lowest BCUT2D eigenvalue weighted by Crippen LogP contribution is -1.99. The van der Waals surface area contributed by atoms with Crippen LogP contribution in [-0.2, 0) is 0 Å². The summed E-state index contributed by atoms with van der Waals surface area (Å²) in [7, 11) is 0. The Morgan fingerprint density at radius 3 is 2.82 bits per heavy atom. The Labute approximate surface area is 99.8 Å². The first-order chi connectivity index (χ1) is 8.15. The van der Waals surface area contributed by atoms with E-state index in [-0.39, 0.29) is 5.63 Å². The minimum absolute atomic E-state index is 0.320. The number of anilines is 1. The third kappa shape index (κ3) is 2.97. The second-order valence-electron chi connectivity index (χ2n) is 4.17. The zero-order valence-corrected chi connectivity index (χ0v) is 9.99. The number of hydrogen-bond donors (Lipinski definition) is 1. The Morgan fingerprint density at radius 1 is 1.29 bits per heavy atom. The SMILES string of the molecule is CC(C)=CCNc1ccc2ccc(=O)oc2c1. The number of rotatable bonds is 3. The fraction of sp³-hybridized carbons (Fsp3) is 0.214. The van der Waals surface area contributed by atoms with Gasteiger partial charge >= 0.3 is 5.63 Å². The summed E-state index contributed by atoms with van der Waals surface area (Å²) >= 11 is 0.